The summed E-state index contributed by atoms with van der Waals surface area (Å²) in [4.78, 5) is 50.2. The molecule has 128 valence electrons. The number of nitrogens with zero attached hydrogens (tertiary/aromatic N) is 1. The van der Waals surface area contributed by atoms with E-state index in [2.05, 4.69) is 0 Å². The predicted octanol–water partition coefficient (Wildman–Crippen LogP) is 2.20. The minimum atomic E-state index is -1.17. The highest BCUT2D eigenvalue weighted by Crippen LogP contribution is 2.30. The lowest BCUT2D eigenvalue weighted by Gasteiger charge is -2.19. The molecular formula is C19H17NO5. The number of imide groups is 1. The van der Waals surface area contributed by atoms with Crippen molar-refractivity contribution in [2.75, 3.05) is 13.2 Å². The van der Waals surface area contributed by atoms with Crippen LogP contribution in [0.3, 0.4) is 0 Å². The van der Waals surface area contributed by atoms with E-state index < -0.39 is 29.5 Å². The first-order valence-corrected chi connectivity index (χ1v) is 8.00. The highest BCUT2D eigenvalue weighted by atomic mass is 16.5. The van der Waals surface area contributed by atoms with Crippen molar-refractivity contribution in [1.82, 2.24) is 4.90 Å². The first kappa shape index (κ1) is 16.8. The third kappa shape index (κ3) is 2.80. The number of rotatable bonds is 5. The maximum Gasteiger partial charge on any atom is 0.318 e. The first-order chi connectivity index (χ1) is 12.0. The molecule has 0 N–H and O–H groups in total. The van der Waals surface area contributed by atoms with Crippen molar-refractivity contribution in [3.8, 4) is 0 Å². The van der Waals surface area contributed by atoms with Gasteiger partial charge in [0.15, 0.2) is 0 Å². The van der Waals surface area contributed by atoms with E-state index in [0.717, 1.165) is 10.3 Å². The van der Waals surface area contributed by atoms with Gasteiger partial charge in [0, 0.05) is 6.54 Å². The second-order valence-corrected chi connectivity index (χ2v) is 5.85. The van der Waals surface area contributed by atoms with Gasteiger partial charge in [-0.2, -0.15) is 0 Å². The molecule has 6 heteroatoms. The van der Waals surface area contributed by atoms with Crippen LogP contribution >= 0.6 is 0 Å². The van der Waals surface area contributed by atoms with Gasteiger partial charge in [0.25, 0.3) is 11.8 Å². The summed E-state index contributed by atoms with van der Waals surface area (Å²) < 4.78 is 4.88. The molecule has 0 radical (unpaired) electrons. The van der Waals surface area contributed by atoms with Crippen molar-refractivity contribution in [3.05, 3.63) is 47.5 Å². The second kappa shape index (κ2) is 6.47. The summed E-state index contributed by atoms with van der Waals surface area (Å²) in [5, 5.41) is 1.52. The summed E-state index contributed by atoms with van der Waals surface area (Å²) in [5.41, 5.74) is 0.601. The van der Waals surface area contributed by atoms with Crippen LogP contribution in [0.5, 0.6) is 0 Å². The van der Waals surface area contributed by atoms with Crippen molar-refractivity contribution in [2.45, 2.75) is 13.8 Å². The van der Waals surface area contributed by atoms with Gasteiger partial charge in [0.1, 0.15) is 11.7 Å². The Kier molecular flexibility index (Phi) is 4.35. The number of hydrogen-bond acceptors (Lipinski definition) is 5. The standard InChI is InChI=1S/C19H17NO5/c1-3-25-19(24)15(11(2)21)10-20-17(22)14-9-8-12-6-4-5-7-13(12)16(14)18(20)23/h4-9,15H,3,10H2,1-2H3. The molecule has 1 heterocycles. The zero-order valence-corrected chi connectivity index (χ0v) is 13.9. The fourth-order valence-corrected chi connectivity index (χ4v) is 3.01. The number of ketones is 1. The molecular weight excluding hydrogens is 322 g/mol. The normalized spacial score (nSPS) is 14.6. The summed E-state index contributed by atoms with van der Waals surface area (Å²) in [7, 11) is 0. The molecule has 0 aromatic heterocycles. The molecule has 0 bridgehead atoms. The van der Waals surface area contributed by atoms with E-state index in [1.807, 2.05) is 12.1 Å². The lowest BCUT2D eigenvalue weighted by molar-refractivity contribution is -0.151. The Morgan fingerprint density at radius 1 is 1.08 bits per heavy atom. The van der Waals surface area contributed by atoms with Crippen LogP contribution in [-0.2, 0) is 14.3 Å². The van der Waals surface area contributed by atoms with Crippen LogP contribution in [0.15, 0.2) is 36.4 Å². The summed E-state index contributed by atoms with van der Waals surface area (Å²) in [5.74, 6) is -3.33. The molecule has 0 saturated heterocycles. The van der Waals surface area contributed by atoms with Crippen molar-refractivity contribution in [2.24, 2.45) is 5.92 Å². The summed E-state index contributed by atoms with van der Waals surface area (Å²) in [6, 6.07) is 10.6. The molecule has 1 atom stereocenters. The van der Waals surface area contributed by atoms with Gasteiger partial charge >= 0.3 is 5.97 Å². The molecule has 0 spiro atoms. The molecule has 0 saturated carbocycles. The Morgan fingerprint density at radius 2 is 1.80 bits per heavy atom. The van der Waals surface area contributed by atoms with Gasteiger partial charge in [-0.25, -0.2) is 0 Å². The molecule has 2 amide bonds. The van der Waals surface area contributed by atoms with Crippen molar-refractivity contribution >= 4 is 34.3 Å². The van der Waals surface area contributed by atoms with Gasteiger partial charge in [-0.1, -0.05) is 30.3 Å². The number of carbonyl (C=O) groups excluding carboxylic acids is 4. The maximum atomic E-state index is 12.8. The van der Waals surface area contributed by atoms with Crippen molar-refractivity contribution in [1.29, 1.82) is 0 Å². The fraction of sp³-hybridized carbons (Fsp3) is 0.263. The Labute approximate surface area is 144 Å². The van der Waals surface area contributed by atoms with Crippen LogP contribution < -0.4 is 0 Å². The second-order valence-electron chi connectivity index (χ2n) is 5.85. The van der Waals surface area contributed by atoms with Gasteiger partial charge in [-0.05, 0) is 30.7 Å². The van der Waals surface area contributed by atoms with E-state index in [-0.39, 0.29) is 18.7 Å². The third-order valence-electron chi connectivity index (χ3n) is 4.29. The minimum absolute atomic E-state index is 0.120. The van der Waals surface area contributed by atoms with E-state index in [4.69, 9.17) is 4.74 Å². The Bertz CT molecular complexity index is 902. The lowest BCUT2D eigenvalue weighted by atomic mass is 10.0. The average molecular weight is 339 g/mol. The topological polar surface area (TPSA) is 80.8 Å². The van der Waals surface area contributed by atoms with Gasteiger partial charge in [0.2, 0.25) is 0 Å². The van der Waals surface area contributed by atoms with E-state index in [1.165, 1.54) is 6.92 Å². The predicted molar refractivity (Wildman–Crippen MR) is 90.1 cm³/mol. The van der Waals surface area contributed by atoms with Crippen LogP contribution in [0, 0.1) is 5.92 Å². The zero-order chi connectivity index (χ0) is 18.1. The number of benzene rings is 2. The van der Waals surface area contributed by atoms with E-state index >= 15 is 0 Å². The average Bonchev–Trinajstić information content (AvgIpc) is 2.83. The number of hydrogen-bond donors (Lipinski definition) is 0. The quantitative estimate of drug-likeness (QED) is 0.474. The number of ether oxygens (including phenoxy) is 1. The van der Waals surface area contributed by atoms with E-state index in [9.17, 15) is 19.2 Å². The van der Waals surface area contributed by atoms with Gasteiger partial charge < -0.3 is 4.74 Å². The van der Waals surface area contributed by atoms with Gasteiger partial charge in [-0.15, -0.1) is 0 Å². The van der Waals surface area contributed by atoms with Crippen LogP contribution in [0.4, 0.5) is 0 Å². The molecule has 0 aliphatic carbocycles. The summed E-state index contributed by atoms with van der Waals surface area (Å²) >= 11 is 0. The summed E-state index contributed by atoms with van der Waals surface area (Å²) in [6.45, 7) is 2.68. The van der Waals surface area contributed by atoms with Crippen molar-refractivity contribution < 1.29 is 23.9 Å². The number of esters is 1. The molecule has 3 rings (SSSR count). The van der Waals surface area contributed by atoms with Crippen LogP contribution in [0.2, 0.25) is 0 Å². The molecule has 25 heavy (non-hydrogen) atoms. The molecule has 0 fully saturated rings. The molecule has 1 aliphatic rings. The Hall–Kier alpha value is -3.02. The SMILES string of the molecule is CCOC(=O)C(CN1C(=O)c2ccc3ccccc3c2C1=O)C(C)=O. The Morgan fingerprint density at radius 3 is 2.48 bits per heavy atom. The maximum absolute atomic E-state index is 12.8. The molecule has 6 nitrogen and oxygen atoms in total. The van der Waals surface area contributed by atoms with Crippen LogP contribution in [0.1, 0.15) is 34.6 Å². The monoisotopic (exact) mass is 339 g/mol. The zero-order valence-electron chi connectivity index (χ0n) is 13.9. The van der Waals surface area contributed by atoms with E-state index in [1.54, 1.807) is 31.2 Å². The highest BCUT2D eigenvalue weighted by Gasteiger charge is 2.40. The number of carbonyl (C=O) groups is 4. The Balaban J connectivity index is 1.98. The number of Topliss-reactive ketones (excluding diaryl/α,β-unsaturated/α-hetero) is 1. The number of amides is 2. The highest BCUT2D eigenvalue weighted by molar-refractivity contribution is 6.26. The molecule has 1 aliphatic heterocycles. The van der Waals surface area contributed by atoms with Crippen LogP contribution in [-0.4, -0.2) is 41.6 Å². The largest absolute Gasteiger partial charge is 0.465 e. The smallest absolute Gasteiger partial charge is 0.318 e. The third-order valence-corrected chi connectivity index (χ3v) is 4.29. The van der Waals surface area contributed by atoms with Crippen molar-refractivity contribution in [3.63, 3.8) is 0 Å². The number of fused-ring (bicyclic) bond motifs is 3. The molecule has 1 unspecified atom stereocenters. The minimum Gasteiger partial charge on any atom is -0.465 e. The van der Waals surface area contributed by atoms with Gasteiger partial charge in [-0.3, -0.25) is 24.1 Å². The van der Waals surface area contributed by atoms with Gasteiger partial charge in [0.05, 0.1) is 17.7 Å². The lowest BCUT2D eigenvalue weighted by Crippen LogP contribution is -2.40. The fourth-order valence-electron chi connectivity index (χ4n) is 3.01. The summed E-state index contributed by atoms with van der Waals surface area (Å²) in [6.07, 6.45) is 0. The van der Waals surface area contributed by atoms with E-state index in [0.29, 0.717) is 10.9 Å². The first-order valence-electron chi connectivity index (χ1n) is 8.00. The molecule has 2 aromatic carbocycles. The van der Waals surface area contributed by atoms with Crippen LogP contribution in [0.25, 0.3) is 10.8 Å². The molecule has 2 aromatic rings.